The van der Waals surface area contributed by atoms with Gasteiger partial charge in [-0.2, -0.15) is 0 Å². The van der Waals surface area contributed by atoms with Gasteiger partial charge in [-0.3, -0.25) is 4.79 Å². The van der Waals surface area contributed by atoms with E-state index in [1.165, 1.54) is 12.1 Å². The van der Waals surface area contributed by atoms with Crippen LogP contribution < -0.4 is 11.1 Å². The van der Waals surface area contributed by atoms with Crippen LogP contribution in [-0.4, -0.2) is 11.4 Å². The number of anilines is 1. The maximum atomic E-state index is 12.6. The SMILES string of the molecule is CC(C)(Nc1ccc(F)cc1)C(N)=O. The minimum absolute atomic E-state index is 0.313. The first-order chi connectivity index (χ1) is 6.42. The Morgan fingerprint density at radius 2 is 1.86 bits per heavy atom. The molecule has 0 radical (unpaired) electrons. The Labute approximate surface area is 82.1 Å². The van der Waals surface area contributed by atoms with Gasteiger partial charge in [-0.05, 0) is 38.1 Å². The molecule has 1 aromatic carbocycles. The van der Waals surface area contributed by atoms with Gasteiger partial charge in [-0.25, -0.2) is 4.39 Å². The molecule has 3 nitrogen and oxygen atoms in total. The van der Waals surface area contributed by atoms with Crippen molar-refractivity contribution >= 4 is 11.6 Å². The molecule has 0 aliphatic rings. The van der Waals surface area contributed by atoms with Crippen molar-refractivity contribution in [1.82, 2.24) is 0 Å². The molecular weight excluding hydrogens is 183 g/mol. The molecule has 0 aliphatic heterocycles. The third-order valence-electron chi connectivity index (χ3n) is 1.92. The van der Waals surface area contributed by atoms with Crippen LogP contribution in [0.5, 0.6) is 0 Å². The van der Waals surface area contributed by atoms with Gasteiger partial charge in [0.1, 0.15) is 11.4 Å². The van der Waals surface area contributed by atoms with Crippen molar-refractivity contribution in [3.8, 4) is 0 Å². The fourth-order valence-corrected chi connectivity index (χ4v) is 0.956. The minimum atomic E-state index is -0.835. The van der Waals surface area contributed by atoms with Gasteiger partial charge in [0.25, 0.3) is 0 Å². The summed E-state index contributed by atoms with van der Waals surface area (Å²) >= 11 is 0. The average Bonchev–Trinajstić information content (AvgIpc) is 2.08. The highest BCUT2D eigenvalue weighted by molar-refractivity contribution is 5.86. The lowest BCUT2D eigenvalue weighted by Gasteiger charge is -2.23. The zero-order valence-electron chi connectivity index (χ0n) is 8.17. The van der Waals surface area contributed by atoms with Crippen molar-refractivity contribution in [3.63, 3.8) is 0 Å². The van der Waals surface area contributed by atoms with E-state index in [1.54, 1.807) is 26.0 Å². The van der Waals surface area contributed by atoms with Crippen LogP contribution in [0, 0.1) is 5.82 Å². The molecule has 0 unspecified atom stereocenters. The van der Waals surface area contributed by atoms with Crippen LogP contribution in [0.25, 0.3) is 0 Å². The third-order valence-corrected chi connectivity index (χ3v) is 1.92. The van der Waals surface area contributed by atoms with Crippen molar-refractivity contribution in [2.24, 2.45) is 5.73 Å². The maximum absolute atomic E-state index is 12.6. The summed E-state index contributed by atoms with van der Waals surface area (Å²) in [5, 5.41) is 2.90. The van der Waals surface area contributed by atoms with Gasteiger partial charge in [0, 0.05) is 5.69 Å². The molecule has 4 heteroatoms. The number of carbonyl (C=O) groups excluding carboxylic acids is 1. The molecule has 0 heterocycles. The summed E-state index contributed by atoms with van der Waals surface area (Å²) in [7, 11) is 0. The lowest BCUT2D eigenvalue weighted by atomic mass is 10.0. The molecule has 1 aromatic rings. The first kappa shape index (κ1) is 10.5. The van der Waals surface area contributed by atoms with Crippen LogP contribution in [0.2, 0.25) is 0 Å². The van der Waals surface area contributed by atoms with E-state index in [4.69, 9.17) is 5.73 Å². The van der Waals surface area contributed by atoms with Crippen LogP contribution in [0.15, 0.2) is 24.3 Å². The van der Waals surface area contributed by atoms with E-state index in [-0.39, 0.29) is 5.82 Å². The molecule has 76 valence electrons. The van der Waals surface area contributed by atoms with Gasteiger partial charge < -0.3 is 11.1 Å². The summed E-state index contributed by atoms with van der Waals surface area (Å²) in [5.74, 6) is -0.769. The summed E-state index contributed by atoms with van der Waals surface area (Å²) in [5.41, 5.74) is 5.00. The van der Waals surface area contributed by atoms with Crippen LogP contribution in [-0.2, 0) is 4.79 Å². The normalized spacial score (nSPS) is 11.1. The van der Waals surface area contributed by atoms with Crippen molar-refractivity contribution in [2.45, 2.75) is 19.4 Å². The van der Waals surface area contributed by atoms with E-state index in [0.29, 0.717) is 5.69 Å². The summed E-state index contributed by atoms with van der Waals surface area (Å²) in [6, 6.07) is 5.75. The highest BCUT2D eigenvalue weighted by atomic mass is 19.1. The Hall–Kier alpha value is -1.58. The van der Waals surface area contributed by atoms with Crippen LogP contribution in [0.1, 0.15) is 13.8 Å². The molecule has 0 saturated carbocycles. The third kappa shape index (κ3) is 2.45. The first-order valence-corrected chi connectivity index (χ1v) is 4.25. The van der Waals surface area contributed by atoms with E-state index in [2.05, 4.69) is 5.32 Å². The summed E-state index contributed by atoms with van der Waals surface area (Å²) in [6.45, 7) is 3.33. The zero-order chi connectivity index (χ0) is 10.8. The van der Waals surface area contributed by atoms with Crippen molar-refractivity contribution < 1.29 is 9.18 Å². The monoisotopic (exact) mass is 196 g/mol. The minimum Gasteiger partial charge on any atom is -0.372 e. The number of rotatable bonds is 3. The molecule has 0 bridgehead atoms. The smallest absolute Gasteiger partial charge is 0.242 e. The molecule has 0 saturated heterocycles. The van der Waals surface area contributed by atoms with Gasteiger partial charge in [-0.15, -0.1) is 0 Å². The van der Waals surface area contributed by atoms with Crippen LogP contribution in [0.3, 0.4) is 0 Å². The predicted molar refractivity (Wildman–Crippen MR) is 53.3 cm³/mol. The van der Waals surface area contributed by atoms with E-state index in [9.17, 15) is 9.18 Å². The van der Waals surface area contributed by atoms with E-state index in [0.717, 1.165) is 0 Å². The van der Waals surface area contributed by atoms with Gasteiger partial charge in [0.15, 0.2) is 0 Å². The molecule has 0 atom stereocenters. The quantitative estimate of drug-likeness (QED) is 0.769. The summed E-state index contributed by atoms with van der Waals surface area (Å²) in [4.78, 5) is 11.0. The summed E-state index contributed by atoms with van der Waals surface area (Å²) < 4.78 is 12.6. The second kappa shape index (κ2) is 3.65. The molecule has 1 amide bonds. The lowest BCUT2D eigenvalue weighted by molar-refractivity contribution is -0.121. The Morgan fingerprint density at radius 1 is 1.36 bits per heavy atom. The Kier molecular flexibility index (Phi) is 2.74. The topological polar surface area (TPSA) is 55.1 Å². The number of benzene rings is 1. The molecule has 1 rings (SSSR count). The number of carbonyl (C=O) groups is 1. The molecule has 0 fully saturated rings. The standard InChI is InChI=1S/C10H13FN2O/c1-10(2,9(12)14)13-8-5-3-7(11)4-6-8/h3-6,13H,1-2H3,(H2,12,14). The number of hydrogen-bond acceptors (Lipinski definition) is 2. The Morgan fingerprint density at radius 3 is 2.29 bits per heavy atom. The van der Waals surface area contributed by atoms with Gasteiger partial charge in [0.2, 0.25) is 5.91 Å². The molecular formula is C10H13FN2O. The van der Waals surface area contributed by atoms with Crippen molar-refractivity contribution in [1.29, 1.82) is 0 Å². The van der Waals surface area contributed by atoms with E-state index in [1.807, 2.05) is 0 Å². The second-order valence-corrected chi connectivity index (χ2v) is 3.62. The molecule has 0 aliphatic carbocycles. The van der Waals surface area contributed by atoms with Crippen LogP contribution in [0.4, 0.5) is 10.1 Å². The Bertz CT molecular complexity index is 332. The Balaban J connectivity index is 2.79. The highest BCUT2D eigenvalue weighted by Gasteiger charge is 2.23. The molecule has 3 N–H and O–H groups in total. The van der Waals surface area contributed by atoms with Gasteiger partial charge in [-0.1, -0.05) is 0 Å². The maximum Gasteiger partial charge on any atom is 0.242 e. The zero-order valence-corrected chi connectivity index (χ0v) is 8.17. The molecule has 0 spiro atoms. The van der Waals surface area contributed by atoms with Gasteiger partial charge in [0.05, 0.1) is 0 Å². The first-order valence-electron chi connectivity index (χ1n) is 4.25. The fourth-order valence-electron chi connectivity index (χ4n) is 0.956. The summed E-state index contributed by atoms with van der Waals surface area (Å²) in [6.07, 6.45) is 0. The number of hydrogen-bond donors (Lipinski definition) is 2. The fraction of sp³-hybridized carbons (Fsp3) is 0.300. The molecule has 0 aromatic heterocycles. The van der Waals surface area contributed by atoms with Crippen molar-refractivity contribution in [3.05, 3.63) is 30.1 Å². The highest BCUT2D eigenvalue weighted by Crippen LogP contribution is 2.14. The van der Waals surface area contributed by atoms with Gasteiger partial charge >= 0.3 is 0 Å². The number of halogens is 1. The number of amides is 1. The van der Waals surface area contributed by atoms with Crippen molar-refractivity contribution in [2.75, 3.05) is 5.32 Å². The van der Waals surface area contributed by atoms with E-state index >= 15 is 0 Å². The predicted octanol–water partition coefficient (Wildman–Crippen LogP) is 1.50. The number of primary amides is 1. The van der Waals surface area contributed by atoms with E-state index < -0.39 is 11.4 Å². The van der Waals surface area contributed by atoms with Crippen LogP contribution >= 0.6 is 0 Å². The average molecular weight is 196 g/mol. The largest absolute Gasteiger partial charge is 0.372 e. The lowest BCUT2D eigenvalue weighted by Crippen LogP contribution is -2.44. The molecule has 14 heavy (non-hydrogen) atoms. The number of nitrogens with two attached hydrogens (primary N) is 1. The number of nitrogens with one attached hydrogen (secondary N) is 1. The second-order valence-electron chi connectivity index (χ2n) is 3.62.